The third-order valence-electron chi connectivity index (χ3n) is 3.42. The number of halogens is 2. The van der Waals surface area contributed by atoms with Crippen molar-refractivity contribution < 1.29 is 4.74 Å². The van der Waals surface area contributed by atoms with E-state index >= 15 is 0 Å². The number of ether oxygens (including phenoxy) is 1. The number of aromatic nitrogens is 1. The molecule has 0 aliphatic rings. The summed E-state index contributed by atoms with van der Waals surface area (Å²) in [5.41, 5.74) is 2.23. The molecule has 0 saturated carbocycles. The fourth-order valence-corrected chi connectivity index (χ4v) is 2.33. The zero-order valence-electron chi connectivity index (χ0n) is 14.5. The van der Waals surface area contributed by atoms with Gasteiger partial charge in [0.1, 0.15) is 0 Å². The van der Waals surface area contributed by atoms with Crippen LogP contribution >= 0.6 is 35.6 Å². The van der Waals surface area contributed by atoms with Crippen LogP contribution in [0.5, 0.6) is 5.88 Å². The summed E-state index contributed by atoms with van der Waals surface area (Å²) in [5.74, 6) is 1.40. The van der Waals surface area contributed by atoms with Gasteiger partial charge >= 0.3 is 0 Å². The Hall–Kier alpha value is -1.54. The lowest BCUT2D eigenvalue weighted by Crippen LogP contribution is -2.38. The van der Waals surface area contributed by atoms with Gasteiger partial charge in [0.05, 0.1) is 6.61 Å². The fraction of sp³-hybridized carbons (Fsp3) is 0.333. The van der Waals surface area contributed by atoms with Crippen LogP contribution in [0.15, 0.2) is 47.6 Å². The molecule has 0 aliphatic heterocycles. The van der Waals surface area contributed by atoms with Crippen LogP contribution in [-0.2, 0) is 13.0 Å². The van der Waals surface area contributed by atoms with Gasteiger partial charge in [0, 0.05) is 36.9 Å². The number of hydrogen-bond donors (Lipinski definition) is 2. The average Bonchev–Trinajstić information content (AvgIpc) is 2.61. The van der Waals surface area contributed by atoms with Crippen molar-refractivity contribution in [3.8, 4) is 5.88 Å². The quantitative estimate of drug-likeness (QED) is 0.365. The van der Waals surface area contributed by atoms with Crippen molar-refractivity contribution in [1.82, 2.24) is 15.6 Å². The predicted molar refractivity (Wildman–Crippen MR) is 114 cm³/mol. The van der Waals surface area contributed by atoms with E-state index in [0.29, 0.717) is 19.0 Å². The number of rotatable bonds is 7. The van der Waals surface area contributed by atoms with E-state index < -0.39 is 0 Å². The number of hydrogen-bond acceptors (Lipinski definition) is 3. The highest BCUT2D eigenvalue weighted by Gasteiger charge is 2.05. The van der Waals surface area contributed by atoms with Crippen molar-refractivity contribution in [2.75, 3.05) is 20.2 Å². The molecule has 1 heterocycles. The Kier molecular flexibility index (Phi) is 10.3. The van der Waals surface area contributed by atoms with Gasteiger partial charge in [-0.15, -0.1) is 24.0 Å². The normalized spacial score (nSPS) is 10.8. The van der Waals surface area contributed by atoms with Gasteiger partial charge in [-0.05, 0) is 37.1 Å². The lowest BCUT2D eigenvalue weighted by atomic mass is 10.1. The summed E-state index contributed by atoms with van der Waals surface area (Å²) >= 11 is 5.89. The first kappa shape index (κ1) is 21.5. The average molecular weight is 475 g/mol. The van der Waals surface area contributed by atoms with Crippen molar-refractivity contribution in [3.05, 3.63) is 58.7 Å². The van der Waals surface area contributed by atoms with Gasteiger partial charge in [0.25, 0.3) is 0 Å². The number of aliphatic imine (C=N–C) groups is 1. The van der Waals surface area contributed by atoms with Crippen molar-refractivity contribution in [3.63, 3.8) is 0 Å². The van der Waals surface area contributed by atoms with Crippen molar-refractivity contribution in [1.29, 1.82) is 0 Å². The molecule has 25 heavy (non-hydrogen) atoms. The van der Waals surface area contributed by atoms with Crippen LogP contribution in [0.4, 0.5) is 0 Å². The second-order valence-corrected chi connectivity index (χ2v) is 5.57. The minimum atomic E-state index is 0. The van der Waals surface area contributed by atoms with E-state index in [1.807, 2.05) is 43.3 Å². The van der Waals surface area contributed by atoms with Gasteiger partial charge in [-0.3, -0.25) is 4.99 Å². The molecule has 1 aromatic carbocycles. The SMILES string of the molecule is CCOc1ncccc1CNC(=NC)NCCc1ccc(Cl)cc1.I. The molecule has 2 rings (SSSR count). The molecule has 0 fully saturated rings. The van der Waals surface area contributed by atoms with Crippen LogP contribution in [0.25, 0.3) is 0 Å². The highest BCUT2D eigenvalue weighted by molar-refractivity contribution is 14.0. The molecule has 0 radical (unpaired) electrons. The van der Waals surface area contributed by atoms with Crippen molar-refractivity contribution >= 4 is 41.5 Å². The lowest BCUT2D eigenvalue weighted by Gasteiger charge is -2.13. The highest BCUT2D eigenvalue weighted by Crippen LogP contribution is 2.13. The predicted octanol–water partition coefficient (Wildman–Crippen LogP) is 3.66. The monoisotopic (exact) mass is 474 g/mol. The Labute approximate surface area is 171 Å². The van der Waals surface area contributed by atoms with Gasteiger partial charge in [0.2, 0.25) is 5.88 Å². The maximum atomic E-state index is 5.89. The lowest BCUT2D eigenvalue weighted by molar-refractivity contribution is 0.322. The summed E-state index contributed by atoms with van der Waals surface area (Å²) in [6.07, 6.45) is 2.63. The van der Waals surface area contributed by atoms with Gasteiger partial charge in [-0.2, -0.15) is 0 Å². The highest BCUT2D eigenvalue weighted by atomic mass is 127. The number of nitrogens with one attached hydrogen (secondary N) is 2. The van der Waals surface area contributed by atoms with E-state index in [4.69, 9.17) is 16.3 Å². The molecular weight excluding hydrogens is 451 g/mol. The topological polar surface area (TPSA) is 58.5 Å². The number of guanidine groups is 1. The molecule has 7 heteroatoms. The molecule has 2 N–H and O–H groups in total. The van der Waals surface area contributed by atoms with Gasteiger partial charge < -0.3 is 15.4 Å². The number of nitrogens with zero attached hydrogens (tertiary/aromatic N) is 2. The maximum Gasteiger partial charge on any atom is 0.218 e. The van der Waals surface area contributed by atoms with Crippen molar-refractivity contribution in [2.45, 2.75) is 19.9 Å². The molecule has 2 aromatic rings. The summed E-state index contributed by atoms with van der Waals surface area (Å²) in [5, 5.41) is 7.33. The van der Waals surface area contributed by atoms with Crippen LogP contribution in [0.3, 0.4) is 0 Å². The standard InChI is InChI=1S/C18H23ClN4O.HI/c1-3-24-17-15(5-4-11-21-17)13-23-18(20-2)22-12-10-14-6-8-16(19)9-7-14;/h4-9,11H,3,10,12-13H2,1-2H3,(H2,20,22,23);1H. The van der Waals surface area contributed by atoms with Crippen LogP contribution in [0.2, 0.25) is 5.02 Å². The summed E-state index contributed by atoms with van der Waals surface area (Å²) < 4.78 is 5.53. The van der Waals surface area contributed by atoms with Crippen LogP contribution < -0.4 is 15.4 Å². The van der Waals surface area contributed by atoms with E-state index in [-0.39, 0.29) is 24.0 Å². The molecule has 136 valence electrons. The van der Waals surface area contributed by atoms with Crippen LogP contribution in [-0.4, -0.2) is 31.1 Å². The molecule has 1 aromatic heterocycles. The zero-order chi connectivity index (χ0) is 17.2. The second-order valence-electron chi connectivity index (χ2n) is 5.13. The largest absolute Gasteiger partial charge is 0.478 e. The maximum absolute atomic E-state index is 5.89. The molecule has 0 saturated heterocycles. The first-order valence-electron chi connectivity index (χ1n) is 7.98. The van der Waals surface area contributed by atoms with E-state index in [1.165, 1.54) is 5.56 Å². The molecule has 0 amide bonds. The van der Waals surface area contributed by atoms with Crippen LogP contribution in [0.1, 0.15) is 18.1 Å². The Bertz CT molecular complexity index is 664. The fourth-order valence-electron chi connectivity index (χ4n) is 2.20. The van der Waals surface area contributed by atoms with Gasteiger partial charge in [-0.25, -0.2) is 4.98 Å². The van der Waals surface area contributed by atoms with E-state index in [1.54, 1.807) is 13.2 Å². The zero-order valence-corrected chi connectivity index (χ0v) is 17.5. The summed E-state index contributed by atoms with van der Waals surface area (Å²) in [6, 6.07) is 11.8. The molecular formula is C18H24ClIN4O. The second kappa shape index (κ2) is 11.9. The first-order chi connectivity index (χ1) is 11.7. The van der Waals surface area contributed by atoms with E-state index in [2.05, 4.69) is 20.6 Å². The summed E-state index contributed by atoms with van der Waals surface area (Å²) in [4.78, 5) is 8.48. The smallest absolute Gasteiger partial charge is 0.218 e. The molecule has 0 aliphatic carbocycles. The Balaban J connectivity index is 0.00000312. The third kappa shape index (κ3) is 7.48. The minimum absolute atomic E-state index is 0. The number of pyridine rings is 1. The van der Waals surface area contributed by atoms with E-state index in [0.717, 1.165) is 29.5 Å². The summed E-state index contributed by atoms with van der Waals surface area (Å²) in [7, 11) is 1.75. The minimum Gasteiger partial charge on any atom is -0.478 e. The third-order valence-corrected chi connectivity index (χ3v) is 3.67. The van der Waals surface area contributed by atoms with Gasteiger partial charge in [-0.1, -0.05) is 29.8 Å². The number of benzene rings is 1. The van der Waals surface area contributed by atoms with Crippen LogP contribution in [0, 0.1) is 0 Å². The first-order valence-corrected chi connectivity index (χ1v) is 8.36. The molecule has 0 bridgehead atoms. The Morgan fingerprint density at radius 2 is 1.96 bits per heavy atom. The molecule has 0 unspecified atom stereocenters. The van der Waals surface area contributed by atoms with E-state index in [9.17, 15) is 0 Å². The van der Waals surface area contributed by atoms with Crippen molar-refractivity contribution in [2.24, 2.45) is 4.99 Å². The molecule has 0 spiro atoms. The molecule has 0 atom stereocenters. The van der Waals surface area contributed by atoms with Gasteiger partial charge in [0.15, 0.2) is 5.96 Å². The Morgan fingerprint density at radius 1 is 1.20 bits per heavy atom. The molecule has 5 nitrogen and oxygen atoms in total. The summed E-state index contributed by atoms with van der Waals surface area (Å²) in [6.45, 7) is 3.93. The Morgan fingerprint density at radius 3 is 2.64 bits per heavy atom.